The molecule has 1 N–H and O–H groups in total. The van der Waals surface area contributed by atoms with Crippen LogP contribution < -0.4 is 10.1 Å². The summed E-state index contributed by atoms with van der Waals surface area (Å²) >= 11 is 3.50. The Kier molecular flexibility index (Phi) is 5.61. The molecule has 5 heteroatoms. The molecule has 0 atom stereocenters. The highest BCUT2D eigenvalue weighted by Crippen LogP contribution is 2.23. The van der Waals surface area contributed by atoms with Crippen LogP contribution in [0.2, 0.25) is 0 Å². The van der Waals surface area contributed by atoms with Crippen LogP contribution in [0, 0.1) is 0 Å². The summed E-state index contributed by atoms with van der Waals surface area (Å²) in [6, 6.07) is 6.12. The molecule has 2 aromatic rings. The van der Waals surface area contributed by atoms with Crippen molar-refractivity contribution in [3.8, 4) is 5.75 Å². The third-order valence-electron chi connectivity index (χ3n) is 2.99. The molecule has 0 amide bonds. The minimum absolute atomic E-state index is 0.659. The maximum Gasteiger partial charge on any atom is 0.123 e. The predicted octanol–water partition coefficient (Wildman–Crippen LogP) is 2.91. The lowest BCUT2D eigenvalue weighted by Crippen LogP contribution is -2.13. The molecule has 108 valence electrons. The maximum absolute atomic E-state index is 5.90. The van der Waals surface area contributed by atoms with E-state index in [0.29, 0.717) is 6.61 Å². The van der Waals surface area contributed by atoms with Crippen molar-refractivity contribution in [1.29, 1.82) is 0 Å². The van der Waals surface area contributed by atoms with E-state index in [-0.39, 0.29) is 0 Å². The standard InChI is InChI=1S/C15H20BrN3O/c1-3-17-10-13-8-14(16)4-5-15(13)20-7-6-12-9-18-19(2)11-12/h4-5,8-9,11,17H,3,6-7,10H2,1-2H3. The number of aryl methyl sites for hydroxylation is 1. The zero-order valence-electron chi connectivity index (χ0n) is 11.9. The smallest absolute Gasteiger partial charge is 0.123 e. The van der Waals surface area contributed by atoms with Crippen LogP contribution in [0.3, 0.4) is 0 Å². The minimum Gasteiger partial charge on any atom is -0.493 e. The van der Waals surface area contributed by atoms with Crippen molar-refractivity contribution >= 4 is 15.9 Å². The summed E-state index contributed by atoms with van der Waals surface area (Å²) in [4.78, 5) is 0. The monoisotopic (exact) mass is 337 g/mol. The maximum atomic E-state index is 5.90. The molecule has 1 aromatic heterocycles. The number of nitrogens with zero attached hydrogens (tertiary/aromatic N) is 2. The van der Waals surface area contributed by atoms with Gasteiger partial charge in [-0.15, -0.1) is 0 Å². The first kappa shape index (κ1) is 15.1. The number of rotatable bonds is 7. The summed E-state index contributed by atoms with van der Waals surface area (Å²) in [7, 11) is 1.92. The van der Waals surface area contributed by atoms with Crippen molar-refractivity contribution in [2.45, 2.75) is 19.9 Å². The summed E-state index contributed by atoms with van der Waals surface area (Å²) < 4.78 is 8.79. The summed E-state index contributed by atoms with van der Waals surface area (Å²) in [5.41, 5.74) is 2.37. The van der Waals surface area contributed by atoms with E-state index in [9.17, 15) is 0 Å². The first-order chi connectivity index (χ1) is 9.69. The van der Waals surface area contributed by atoms with Crippen molar-refractivity contribution < 1.29 is 4.74 Å². The normalized spacial score (nSPS) is 10.8. The zero-order chi connectivity index (χ0) is 14.4. The molecule has 0 aliphatic carbocycles. The molecule has 0 aliphatic heterocycles. The van der Waals surface area contributed by atoms with Crippen LogP contribution >= 0.6 is 15.9 Å². The Morgan fingerprint density at radius 2 is 2.25 bits per heavy atom. The molecule has 4 nitrogen and oxygen atoms in total. The molecule has 0 aliphatic rings. The van der Waals surface area contributed by atoms with Crippen molar-refractivity contribution in [1.82, 2.24) is 15.1 Å². The zero-order valence-corrected chi connectivity index (χ0v) is 13.5. The minimum atomic E-state index is 0.659. The molecule has 0 fully saturated rings. The number of benzene rings is 1. The van der Waals surface area contributed by atoms with Gasteiger partial charge >= 0.3 is 0 Å². The molecule has 0 saturated carbocycles. The van der Waals surface area contributed by atoms with E-state index >= 15 is 0 Å². The molecule has 1 heterocycles. The highest BCUT2D eigenvalue weighted by molar-refractivity contribution is 9.10. The van der Waals surface area contributed by atoms with Gasteiger partial charge in [0.05, 0.1) is 12.8 Å². The summed E-state index contributed by atoms with van der Waals surface area (Å²) in [5.74, 6) is 0.943. The predicted molar refractivity (Wildman–Crippen MR) is 83.9 cm³/mol. The van der Waals surface area contributed by atoms with Crippen LogP contribution in [0.15, 0.2) is 35.1 Å². The third-order valence-corrected chi connectivity index (χ3v) is 3.49. The van der Waals surface area contributed by atoms with Crippen LogP contribution in [0.5, 0.6) is 5.75 Å². The van der Waals surface area contributed by atoms with Gasteiger partial charge in [-0.1, -0.05) is 22.9 Å². The van der Waals surface area contributed by atoms with Crippen LogP contribution in [0.1, 0.15) is 18.1 Å². The molecule has 0 bridgehead atoms. The second-order valence-corrected chi connectivity index (χ2v) is 5.57. The van der Waals surface area contributed by atoms with Gasteiger partial charge in [0.2, 0.25) is 0 Å². The largest absolute Gasteiger partial charge is 0.493 e. The van der Waals surface area contributed by atoms with Crippen molar-refractivity contribution in [3.05, 3.63) is 46.2 Å². The fraction of sp³-hybridized carbons (Fsp3) is 0.400. The lowest BCUT2D eigenvalue weighted by atomic mass is 10.2. The van der Waals surface area contributed by atoms with E-state index in [2.05, 4.69) is 39.3 Å². The van der Waals surface area contributed by atoms with Crippen LogP contribution in [-0.4, -0.2) is 22.9 Å². The lowest BCUT2D eigenvalue weighted by molar-refractivity contribution is 0.317. The second kappa shape index (κ2) is 7.45. The number of hydrogen-bond acceptors (Lipinski definition) is 3. The fourth-order valence-electron chi connectivity index (χ4n) is 1.97. The fourth-order valence-corrected chi connectivity index (χ4v) is 2.37. The molecule has 2 rings (SSSR count). The van der Waals surface area contributed by atoms with E-state index < -0.39 is 0 Å². The first-order valence-electron chi connectivity index (χ1n) is 6.78. The number of nitrogens with one attached hydrogen (secondary N) is 1. The molecular weight excluding hydrogens is 318 g/mol. The van der Waals surface area contributed by atoms with Gasteiger partial charge in [0.25, 0.3) is 0 Å². The summed E-state index contributed by atoms with van der Waals surface area (Å²) in [6.45, 7) is 4.52. The number of ether oxygens (including phenoxy) is 1. The van der Waals surface area contributed by atoms with E-state index in [1.165, 1.54) is 11.1 Å². The summed E-state index contributed by atoms with van der Waals surface area (Å²) in [6.07, 6.45) is 4.76. The Morgan fingerprint density at radius 3 is 2.95 bits per heavy atom. The second-order valence-electron chi connectivity index (χ2n) is 4.65. The van der Waals surface area contributed by atoms with Gasteiger partial charge in [0, 0.05) is 36.2 Å². The average Bonchev–Trinajstić information content (AvgIpc) is 2.84. The van der Waals surface area contributed by atoms with E-state index in [0.717, 1.165) is 29.7 Å². The highest BCUT2D eigenvalue weighted by Gasteiger charge is 2.05. The van der Waals surface area contributed by atoms with Gasteiger partial charge in [-0.25, -0.2) is 0 Å². The lowest BCUT2D eigenvalue weighted by Gasteiger charge is -2.12. The molecule has 0 radical (unpaired) electrons. The molecular formula is C15H20BrN3O. The Labute approximate surface area is 128 Å². The van der Waals surface area contributed by atoms with Crippen molar-refractivity contribution in [3.63, 3.8) is 0 Å². The van der Waals surface area contributed by atoms with E-state index in [4.69, 9.17) is 4.74 Å². The number of aromatic nitrogens is 2. The van der Waals surface area contributed by atoms with Gasteiger partial charge in [-0.3, -0.25) is 4.68 Å². The van der Waals surface area contributed by atoms with Crippen molar-refractivity contribution in [2.24, 2.45) is 7.05 Å². The number of hydrogen-bond donors (Lipinski definition) is 1. The van der Waals surface area contributed by atoms with E-state index in [1.54, 1.807) is 0 Å². The van der Waals surface area contributed by atoms with Gasteiger partial charge in [-0.2, -0.15) is 5.10 Å². The topological polar surface area (TPSA) is 39.1 Å². The van der Waals surface area contributed by atoms with Crippen LogP contribution in [0.25, 0.3) is 0 Å². The molecule has 20 heavy (non-hydrogen) atoms. The molecule has 0 saturated heterocycles. The number of halogens is 1. The Bertz CT molecular complexity index is 554. The Hall–Kier alpha value is -1.33. The Balaban J connectivity index is 1.94. The van der Waals surface area contributed by atoms with Gasteiger partial charge in [0.1, 0.15) is 5.75 Å². The van der Waals surface area contributed by atoms with Crippen LogP contribution in [0.4, 0.5) is 0 Å². The molecule has 0 unspecified atom stereocenters. The average molecular weight is 338 g/mol. The van der Waals surface area contributed by atoms with Gasteiger partial charge in [-0.05, 0) is 30.3 Å². The van der Waals surface area contributed by atoms with Gasteiger partial charge < -0.3 is 10.1 Å². The SMILES string of the molecule is CCNCc1cc(Br)ccc1OCCc1cnn(C)c1. The highest BCUT2D eigenvalue weighted by atomic mass is 79.9. The third kappa shape index (κ3) is 4.35. The summed E-state index contributed by atoms with van der Waals surface area (Å²) in [5, 5.41) is 7.49. The first-order valence-corrected chi connectivity index (χ1v) is 7.58. The Morgan fingerprint density at radius 1 is 1.40 bits per heavy atom. The van der Waals surface area contributed by atoms with Crippen LogP contribution in [-0.2, 0) is 20.0 Å². The van der Waals surface area contributed by atoms with Crippen molar-refractivity contribution in [2.75, 3.05) is 13.2 Å². The molecule has 1 aromatic carbocycles. The van der Waals surface area contributed by atoms with Gasteiger partial charge in [0.15, 0.2) is 0 Å². The quantitative estimate of drug-likeness (QED) is 0.844. The van der Waals surface area contributed by atoms with E-state index in [1.807, 2.05) is 36.3 Å². The molecule has 0 spiro atoms.